The summed E-state index contributed by atoms with van der Waals surface area (Å²) in [5.74, 6) is -1.62. The molecule has 2 amide bonds. The van der Waals surface area contributed by atoms with Crippen LogP contribution in [-0.2, 0) is 43.2 Å². The molecular weight excluding hydrogens is 560 g/mol. The highest BCUT2D eigenvalue weighted by atomic mass is 16.5. The summed E-state index contributed by atoms with van der Waals surface area (Å²) in [6, 6.07) is 0. The minimum atomic E-state index is -0.907. The fourth-order valence-electron chi connectivity index (χ4n) is 5.70. The number of rotatable bonds is 12. The zero-order chi connectivity index (χ0) is 32.3. The second-order valence-corrected chi connectivity index (χ2v) is 10.9. The molecule has 230 valence electrons. The highest BCUT2D eigenvalue weighted by molar-refractivity contribution is 6.02. The Labute approximate surface area is 256 Å². The van der Waals surface area contributed by atoms with Crippen molar-refractivity contribution in [3.05, 3.63) is 104 Å². The lowest BCUT2D eigenvalue weighted by Crippen LogP contribution is -2.15. The van der Waals surface area contributed by atoms with Gasteiger partial charge in [0.25, 0.3) is 11.8 Å². The van der Waals surface area contributed by atoms with Gasteiger partial charge < -0.3 is 30.4 Å². The Hall–Kier alpha value is -5.12. The summed E-state index contributed by atoms with van der Waals surface area (Å²) in [6.45, 7) is 15.0. The number of amides is 2. The van der Waals surface area contributed by atoms with Crippen LogP contribution in [0.4, 0.5) is 0 Å². The summed E-state index contributed by atoms with van der Waals surface area (Å²) in [6.07, 6.45) is 8.22. The van der Waals surface area contributed by atoms with E-state index in [-0.39, 0.29) is 30.6 Å². The van der Waals surface area contributed by atoms with E-state index in [0.717, 1.165) is 50.6 Å². The summed E-state index contributed by atoms with van der Waals surface area (Å²) >= 11 is 0. The third-order valence-electron chi connectivity index (χ3n) is 8.31. The van der Waals surface area contributed by atoms with Crippen LogP contribution in [0.2, 0.25) is 0 Å². The number of carboxylic acid groups (broad SMARTS) is 1. The average Bonchev–Trinajstić information content (AvgIpc) is 3.63. The van der Waals surface area contributed by atoms with Gasteiger partial charge in [0, 0.05) is 64.3 Å². The Bertz CT molecular complexity index is 1720. The molecule has 44 heavy (non-hydrogen) atoms. The van der Waals surface area contributed by atoms with Crippen molar-refractivity contribution in [3.8, 4) is 0 Å². The first-order chi connectivity index (χ1) is 20.9. The molecule has 10 heteroatoms. The number of allylic oxidation sites excluding steroid dienone is 2. The Morgan fingerprint density at radius 2 is 1.20 bits per heavy atom. The normalized spacial score (nSPS) is 16.7. The van der Waals surface area contributed by atoms with Crippen LogP contribution in [0.25, 0.3) is 12.2 Å². The van der Waals surface area contributed by atoms with Gasteiger partial charge in [0.15, 0.2) is 0 Å². The summed E-state index contributed by atoms with van der Waals surface area (Å²) in [5, 5.41) is 15.2. The van der Waals surface area contributed by atoms with Gasteiger partial charge in [-0.1, -0.05) is 25.3 Å². The molecule has 0 bridgehead atoms. The zero-order valence-corrected chi connectivity index (χ0v) is 25.7. The number of aromatic amines is 2. The van der Waals surface area contributed by atoms with Crippen molar-refractivity contribution in [1.82, 2.24) is 20.6 Å². The monoisotopic (exact) mass is 598 g/mol. The van der Waals surface area contributed by atoms with Crippen molar-refractivity contribution in [2.45, 2.75) is 59.8 Å². The summed E-state index contributed by atoms with van der Waals surface area (Å²) in [5.41, 5.74) is 10.6. The van der Waals surface area contributed by atoms with Gasteiger partial charge in [-0.3, -0.25) is 19.2 Å². The van der Waals surface area contributed by atoms with Crippen molar-refractivity contribution >= 4 is 35.9 Å². The average molecular weight is 599 g/mol. The fourth-order valence-corrected chi connectivity index (χ4v) is 5.70. The number of methoxy groups -OCH3 is 1. The van der Waals surface area contributed by atoms with Crippen LogP contribution in [0.3, 0.4) is 0 Å². The van der Waals surface area contributed by atoms with Crippen LogP contribution < -0.4 is 10.6 Å². The van der Waals surface area contributed by atoms with E-state index in [1.54, 1.807) is 26.0 Å². The molecular formula is C34H38N4O6. The zero-order valence-electron chi connectivity index (χ0n) is 25.7. The van der Waals surface area contributed by atoms with Gasteiger partial charge in [-0.05, 0) is 74.9 Å². The lowest BCUT2D eigenvalue weighted by molar-refractivity contribution is -0.140. The third-order valence-corrected chi connectivity index (χ3v) is 8.31. The minimum absolute atomic E-state index is 0.0542. The number of carboxylic acids is 1. The van der Waals surface area contributed by atoms with Crippen LogP contribution in [0.1, 0.15) is 71.7 Å². The van der Waals surface area contributed by atoms with Gasteiger partial charge in [-0.25, -0.2) is 0 Å². The Morgan fingerprint density at radius 3 is 1.59 bits per heavy atom. The standard InChI is InChI=1S/C34H38N4O6/c1-8-21-19(5)33(42)37-27(21)14-25-17(3)23(10-12-31(39)40)29(35-25)16-30-24(11-13-32(41)44-7)18(4)26(36-30)15-28-22(9-2)20(6)34(43)38-28/h8-9,14-15,35-36H,1-2,10-13,16H2,3-7H3,(H,37,42)(H,38,43)(H,39,40)/b27-14-,28-15-. The molecule has 2 aliphatic heterocycles. The molecule has 4 rings (SSSR count). The second-order valence-electron chi connectivity index (χ2n) is 10.9. The van der Waals surface area contributed by atoms with Crippen molar-refractivity contribution in [1.29, 1.82) is 0 Å². The van der Waals surface area contributed by atoms with E-state index in [2.05, 4.69) is 33.8 Å². The number of ether oxygens (including phenoxy) is 1. The first-order valence-electron chi connectivity index (χ1n) is 14.3. The number of H-pyrrole nitrogens is 2. The number of esters is 1. The molecule has 5 N–H and O–H groups in total. The van der Waals surface area contributed by atoms with E-state index in [1.807, 2.05) is 26.0 Å². The topological polar surface area (TPSA) is 153 Å². The second kappa shape index (κ2) is 13.0. The number of aromatic nitrogens is 2. The molecule has 0 saturated heterocycles. The van der Waals surface area contributed by atoms with Gasteiger partial charge in [-0.2, -0.15) is 0 Å². The van der Waals surface area contributed by atoms with Crippen LogP contribution in [-0.4, -0.2) is 45.9 Å². The van der Waals surface area contributed by atoms with Crippen LogP contribution in [0.5, 0.6) is 0 Å². The number of aliphatic carboxylic acids is 1. The number of hydrogen-bond donors (Lipinski definition) is 5. The predicted molar refractivity (Wildman–Crippen MR) is 168 cm³/mol. The quantitative estimate of drug-likeness (QED) is 0.225. The molecule has 10 nitrogen and oxygen atoms in total. The Balaban J connectivity index is 1.81. The molecule has 0 aliphatic carbocycles. The molecule has 0 spiro atoms. The highest BCUT2D eigenvalue weighted by Crippen LogP contribution is 2.31. The highest BCUT2D eigenvalue weighted by Gasteiger charge is 2.25. The van der Waals surface area contributed by atoms with Crippen LogP contribution in [0, 0.1) is 13.8 Å². The van der Waals surface area contributed by atoms with Gasteiger partial charge in [-0.15, -0.1) is 0 Å². The fraction of sp³-hybridized carbons (Fsp3) is 0.294. The SMILES string of the molecule is C=CC1=C(C)C(=O)N/C1=C\c1[nH]c(Cc2[nH]c(/C=C3\NC(=O)C(C)=C3C=C)c(C)c2CCC(=O)OC)c(CCC(=O)O)c1C. The molecule has 2 aliphatic rings. The van der Waals surface area contributed by atoms with Crippen molar-refractivity contribution < 1.29 is 29.0 Å². The molecule has 2 aromatic heterocycles. The predicted octanol–water partition coefficient (Wildman–Crippen LogP) is 4.62. The lowest BCUT2D eigenvalue weighted by atomic mass is 9.98. The van der Waals surface area contributed by atoms with E-state index in [4.69, 9.17) is 4.74 Å². The first kappa shape index (κ1) is 31.8. The minimum Gasteiger partial charge on any atom is -0.481 e. The molecule has 0 aromatic carbocycles. The number of nitrogens with one attached hydrogen (secondary N) is 4. The Kier molecular flexibility index (Phi) is 9.42. The maximum atomic E-state index is 12.3. The van der Waals surface area contributed by atoms with E-state index < -0.39 is 5.97 Å². The molecule has 0 saturated carbocycles. The van der Waals surface area contributed by atoms with Crippen molar-refractivity contribution in [2.75, 3.05) is 7.11 Å². The van der Waals surface area contributed by atoms with Crippen LogP contribution >= 0.6 is 0 Å². The van der Waals surface area contributed by atoms with E-state index in [1.165, 1.54) is 7.11 Å². The van der Waals surface area contributed by atoms with Gasteiger partial charge in [0.05, 0.1) is 18.5 Å². The van der Waals surface area contributed by atoms with Crippen LogP contribution in [0.15, 0.2) is 59.0 Å². The lowest BCUT2D eigenvalue weighted by Gasteiger charge is -2.07. The molecule has 0 unspecified atom stereocenters. The first-order valence-corrected chi connectivity index (χ1v) is 14.3. The van der Waals surface area contributed by atoms with E-state index in [9.17, 15) is 24.3 Å². The third kappa shape index (κ3) is 6.29. The summed E-state index contributed by atoms with van der Waals surface area (Å²) < 4.78 is 4.89. The molecule has 0 radical (unpaired) electrons. The molecule has 2 aromatic rings. The molecule has 0 fully saturated rings. The van der Waals surface area contributed by atoms with Gasteiger partial charge in [0.2, 0.25) is 0 Å². The summed E-state index contributed by atoms with van der Waals surface area (Å²) in [7, 11) is 1.35. The summed E-state index contributed by atoms with van der Waals surface area (Å²) in [4.78, 5) is 55.3. The largest absolute Gasteiger partial charge is 0.481 e. The maximum absolute atomic E-state index is 12.3. The van der Waals surface area contributed by atoms with Gasteiger partial charge >= 0.3 is 11.9 Å². The van der Waals surface area contributed by atoms with E-state index in [0.29, 0.717) is 47.4 Å². The molecule has 4 heterocycles. The number of carbonyl (C=O) groups excluding carboxylic acids is 3. The number of hydrogen-bond acceptors (Lipinski definition) is 5. The number of carbonyl (C=O) groups is 4. The Morgan fingerprint density at radius 1 is 0.773 bits per heavy atom. The van der Waals surface area contributed by atoms with E-state index >= 15 is 0 Å². The smallest absolute Gasteiger partial charge is 0.305 e. The van der Waals surface area contributed by atoms with Gasteiger partial charge in [0.1, 0.15) is 0 Å². The maximum Gasteiger partial charge on any atom is 0.305 e. The molecule has 0 atom stereocenters. The van der Waals surface area contributed by atoms with Crippen molar-refractivity contribution in [3.63, 3.8) is 0 Å². The van der Waals surface area contributed by atoms with Crippen molar-refractivity contribution in [2.24, 2.45) is 0 Å².